The number of nitrogens with one attached hydrogen (secondary N) is 1. The van der Waals surface area contributed by atoms with Gasteiger partial charge >= 0.3 is 0 Å². The monoisotopic (exact) mass is 268 g/mol. The van der Waals surface area contributed by atoms with E-state index in [0.717, 1.165) is 31.5 Å². The quantitative estimate of drug-likeness (QED) is 0.905. The van der Waals surface area contributed by atoms with Crippen molar-refractivity contribution in [1.29, 1.82) is 0 Å². The van der Waals surface area contributed by atoms with Crippen LogP contribution >= 0.6 is 0 Å². The third-order valence-electron chi connectivity index (χ3n) is 3.94. The van der Waals surface area contributed by atoms with Crippen LogP contribution in [-0.4, -0.2) is 21.5 Å². The molecular formula is C16H20N4. The third kappa shape index (κ3) is 2.56. The predicted octanol–water partition coefficient (Wildman–Crippen LogP) is 2.64. The SMILES string of the molecule is CCCNC(c1ccncn1)C1CCc2cccnc21. The van der Waals surface area contributed by atoms with E-state index >= 15 is 0 Å². The molecule has 20 heavy (non-hydrogen) atoms. The van der Waals surface area contributed by atoms with E-state index < -0.39 is 0 Å². The van der Waals surface area contributed by atoms with Gasteiger partial charge in [-0.15, -0.1) is 0 Å². The Bertz CT molecular complexity index is 555. The third-order valence-corrected chi connectivity index (χ3v) is 3.94. The summed E-state index contributed by atoms with van der Waals surface area (Å²) < 4.78 is 0. The van der Waals surface area contributed by atoms with E-state index in [9.17, 15) is 0 Å². The fourth-order valence-corrected chi connectivity index (χ4v) is 3.01. The van der Waals surface area contributed by atoms with E-state index in [4.69, 9.17) is 0 Å². The van der Waals surface area contributed by atoms with Gasteiger partial charge in [-0.1, -0.05) is 13.0 Å². The highest BCUT2D eigenvalue weighted by molar-refractivity contribution is 5.31. The van der Waals surface area contributed by atoms with Crippen LogP contribution in [0.25, 0.3) is 0 Å². The normalized spacial score (nSPS) is 18.8. The van der Waals surface area contributed by atoms with Gasteiger partial charge in [0.15, 0.2) is 0 Å². The van der Waals surface area contributed by atoms with Crippen LogP contribution in [-0.2, 0) is 6.42 Å². The molecule has 0 amide bonds. The topological polar surface area (TPSA) is 50.7 Å². The van der Waals surface area contributed by atoms with Gasteiger partial charge in [0.1, 0.15) is 6.33 Å². The van der Waals surface area contributed by atoms with Gasteiger partial charge in [-0.25, -0.2) is 9.97 Å². The molecule has 0 saturated heterocycles. The van der Waals surface area contributed by atoms with Crippen LogP contribution in [0.3, 0.4) is 0 Å². The van der Waals surface area contributed by atoms with Crippen molar-refractivity contribution < 1.29 is 0 Å². The molecule has 1 aliphatic rings. The van der Waals surface area contributed by atoms with Crippen LogP contribution in [0.2, 0.25) is 0 Å². The summed E-state index contributed by atoms with van der Waals surface area (Å²) in [4.78, 5) is 13.1. The summed E-state index contributed by atoms with van der Waals surface area (Å²) in [6, 6.07) is 6.46. The van der Waals surface area contributed by atoms with Crippen LogP contribution in [0.4, 0.5) is 0 Å². The average molecular weight is 268 g/mol. The molecule has 0 spiro atoms. The Labute approximate surface area is 119 Å². The summed E-state index contributed by atoms with van der Waals surface area (Å²) in [5.74, 6) is 0.410. The van der Waals surface area contributed by atoms with Gasteiger partial charge in [-0.05, 0) is 43.5 Å². The molecule has 0 fully saturated rings. The van der Waals surface area contributed by atoms with Crippen molar-refractivity contribution in [2.45, 2.75) is 38.1 Å². The van der Waals surface area contributed by atoms with Gasteiger partial charge in [0.2, 0.25) is 0 Å². The Balaban J connectivity index is 1.91. The lowest BCUT2D eigenvalue weighted by Gasteiger charge is -2.24. The van der Waals surface area contributed by atoms with Crippen molar-refractivity contribution in [3.8, 4) is 0 Å². The van der Waals surface area contributed by atoms with Crippen molar-refractivity contribution in [1.82, 2.24) is 20.3 Å². The van der Waals surface area contributed by atoms with E-state index in [2.05, 4.69) is 33.3 Å². The zero-order chi connectivity index (χ0) is 13.8. The number of aromatic nitrogens is 3. The van der Waals surface area contributed by atoms with Gasteiger partial charge in [0.25, 0.3) is 0 Å². The maximum atomic E-state index is 4.61. The molecule has 2 aromatic heterocycles. The fraction of sp³-hybridized carbons (Fsp3) is 0.438. The highest BCUT2D eigenvalue weighted by Gasteiger charge is 2.32. The molecule has 104 valence electrons. The number of nitrogens with zero attached hydrogens (tertiary/aromatic N) is 3. The number of hydrogen-bond acceptors (Lipinski definition) is 4. The van der Waals surface area contributed by atoms with E-state index in [1.807, 2.05) is 24.5 Å². The Kier molecular flexibility index (Phi) is 4.02. The molecule has 0 aliphatic heterocycles. The summed E-state index contributed by atoms with van der Waals surface area (Å²) in [6.45, 7) is 3.18. The molecule has 4 nitrogen and oxygen atoms in total. The Morgan fingerprint density at radius 2 is 2.25 bits per heavy atom. The first-order valence-corrected chi connectivity index (χ1v) is 7.33. The number of fused-ring (bicyclic) bond motifs is 1. The largest absolute Gasteiger partial charge is 0.308 e. The second kappa shape index (κ2) is 6.09. The van der Waals surface area contributed by atoms with Gasteiger partial charge in [-0.2, -0.15) is 0 Å². The molecular weight excluding hydrogens is 248 g/mol. The van der Waals surface area contributed by atoms with Crippen molar-refractivity contribution in [2.24, 2.45) is 0 Å². The maximum absolute atomic E-state index is 4.61. The van der Waals surface area contributed by atoms with Crippen LogP contribution in [0.15, 0.2) is 36.9 Å². The molecule has 0 bridgehead atoms. The first-order chi connectivity index (χ1) is 9.90. The van der Waals surface area contributed by atoms with Crippen LogP contribution in [0, 0.1) is 0 Å². The number of aryl methyl sites for hydroxylation is 1. The first kappa shape index (κ1) is 13.2. The smallest absolute Gasteiger partial charge is 0.115 e. The molecule has 2 heterocycles. The minimum absolute atomic E-state index is 0.231. The Morgan fingerprint density at radius 1 is 1.30 bits per heavy atom. The van der Waals surface area contributed by atoms with Crippen LogP contribution in [0.5, 0.6) is 0 Å². The summed E-state index contributed by atoms with van der Waals surface area (Å²) in [5.41, 5.74) is 3.69. The fourth-order valence-electron chi connectivity index (χ4n) is 3.01. The van der Waals surface area contributed by atoms with Crippen LogP contribution < -0.4 is 5.32 Å². The summed E-state index contributed by atoms with van der Waals surface area (Å²) >= 11 is 0. The number of pyridine rings is 1. The highest BCUT2D eigenvalue weighted by Crippen LogP contribution is 2.39. The minimum atomic E-state index is 0.231. The summed E-state index contributed by atoms with van der Waals surface area (Å²) in [7, 11) is 0. The number of rotatable bonds is 5. The highest BCUT2D eigenvalue weighted by atomic mass is 15.0. The van der Waals surface area contributed by atoms with Crippen molar-refractivity contribution in [3.63, 3.8) is 0 Å². The zero-order valence-corrected chi connectivity index (χ0v) is 11.8. The molecule has 2 aromatic rings. The predicted molar refractivity (Wildman–Crippen MR) is 78.4 cm³/mol. The van der Waals surface area contributed by atoms with Crippen molar-refractivity contribution >= 4 is 0 Å². The van der Waals surface area contributed by atoms with E-state index in [-0.39, 0.29) is 6.04 Å². The zero-order valence-electron chi connectivity index (χ0n) is 11.8. The second-order valence-electron chi connectivity index (χ2n) is 5.26. The van der Waals surface area contributed by atoms with Gasteiger partial charge in [0.05, 0.1) is 11.7 Å². The molecule has 2 unspecified atom stereocenters. The minimum Gasteiger partial charge on any atom is -0.308 e. The summed E-state index contributed by atoms with van der Waals surface area (Å²) in [5, 5.41) is 3.64. The molecule has 1 N–H and O–H groups in total. The molecule has 3 rings (SSSR count). The first-order valence-electron chi connectivity index (χ1n) is 7.33. The lowest BCUT2D eigenvalue weighted by Crippen LogP contribution is -2.28. The molecule has 0 radical (unpaired) electrons. The molecule has 4 heteroatoms. The van der Waals surface area contributed by atoms with Gasteiger partial charge in [-0.3, -0.25) is 4.98 Å². The van der Waals surface area contributed by atoms with E-state index in [0.29, 0.717) is 5.92 Å². The van der Waals surface area contributed by atoms with E-state index in [1.165, 1.54) is 11.3 Å². The van der Waals surface area contributed by atoms with Gasteiger partial charge < -0.3 is 5.32 Å². The molecule has 0 aromatic carbocycles. The molecule has 2 atom stereocenters. The Morgan fingerprint density at radius 3 is 3.05 bits per heavy atom. The molecule has 0 saturated carbocycles. The van der Waals surface area contributed by atoms with Crippen molar-refractivity contribution in [2.75, 3.05) is 6.54 Å². The average Bonchev–Trinajstić information content (AvgIpc) is 2.93. The maximum Gasteiger partial charge on any atom is 0.115 e. The standard InChI is InChI=1S/C16H20N4/c1-2-8-18-16(14-7-10-17-11-20-14)13-6-5-12-4-3-9-19-15(12)13/h3-4,7,9-11,13,16,18H,2,5-6,8H2,1H3. The van der Waals surface area contributed by atoms with Crippen molar-refractivity contribution in [3.05, 3.63) is 53.9 Å². The molecule has 1 aliphatic carbocycles. The Hall–Kier alpha value is -1.81. The van der Waals surface area contributed by atoms with E-state index in [1.54, 1.807) is 6.33 Å². The second-order valence-corrected chi connectivity index (χ2v) is 5.26. The lowest BCUT2D eigenvalue weighted by molar-refractivity contribution is 0.428. The van der Waals surface area contributed by atoms with Crippen LogP contribution in [0.1, 0.15) is 48.7 Å². The number of hydrogen-bond donors (Lipinski definition) is 1. The summed E-state index contributed by atoms with van der Waals surface area (Å²) in [6.07, 6.45) is 8.71. The van der Waals surface area contributed by atoms with Gasteiger partial charge in [0, 0.05) is 24.0 Å². The lowest BCUT2D eigenvalue weighted by atomic mass is 9.94.